The highest BCUT2D eigenvalue weighted by Gasteiger charge is 2.22. The molecule has 1 aliphatic heterocycles. The molecular weight excluding hydrogens is 186 g/mol. The Labute approximate surface area is 93.8 Å². The molecule has 3 unspecified atom stereocenters. The Kier molecular flexibility index (Phi) is 4.45. The Morgan fingerprint density at radius 2 is 2.13 bits per heavy atom. The first-order valence-corrected chi connectivity index (χ1v) is 6.69. The molecule has 1 saturated carbocycles. The van der Waals surface area contributed by atoms with Gasteiger partial charge in [0.15, 0.2) is 0 Å². The Morgan fingerprint density at radius 3 is 2.87 bits per heavy atom. The van der Waals surface area contributed by atoms with E-state index in [4.69, 9.17) is 4.74 Å². The third-order valence-corrected chi connectivity index (χ3v) is 4.08. The van der Waals surface area contributed by atoms with Crippen molar-refractivity contribution in [3.8, 4) is 0 Å². The van der Waals surface area contributed by atoms with Gasteiger partial charge >= 0.3 is 0 Å². The van der Waals surface area contributed by atoms with Crippen molar-refractivity contribution < 1.29 is 4.74 Å². The van der Waals surface area contributed by atoms with Crippen LogP contribution in [-0.2, 0) is 4.74 Å². The summed E-state index contributed by atoms with van der Waals surface area (Å²) in [5.74, 6) is 1.77. The minimum atomic E-state index is 0.784. The summed E-state index contributed by atoms with van der Waals surface area (Å²) in [5, 5.41) is 3.75. The molecule has 0 aromatic carbocycles. The van der Waals surface area contributed by atoms with Crippen LogP contribution in [0, 0.1) is 11.8 Å². The molecule has 0 amide bonds. The first-order valence-electron chi connectivity index (χ1n) is 6.69. The summed E-state index contributed by atoms with van der Waals surface area (Å²) < 4.78 is 5.40. The number of hydrogen-bond donors (Lipinski definition) is 1. The molecule has 2 rings (SSSR count). The van der Waals surface area contributed by atoms with Crippen LogP contribution in [-0.4, -0.2) is 25.8 Å². The summed E-state index contributed by atoms with van der Waals surface area (Å²) in [6.45, 7) is 5.48. The Balaban J connectivity index is 1.65. The summed E-state index contributed by atoms with van der Waals surface area (Å²) in [7, 11) is 0. The van der Waals surface area contributed by atoms with Gasteiger partial charge in [0.25, 0.3) is 0 Å². The first kappa shape index (κ1) is 11.4. The van der Waals surface area contributed by atoms with E-state index < -0.39 is 0 Å². The van der Waals surface area contributed by atoms with Crippen molar-refractivity contribution in [3.63, 3.8) is 0 Å². The fourth-order valence-electron chi connectivity index (χ4n) is 2.92. The molecule has 1 N–H and O–H groups in total. The highest BCUT2D eigenvalue weighted by atomic mass is 16.5. The van der Waals surface area contributed by atoms with Gasteiger partial charge in [0.1, 0.15) is 0 Å². The number of rotatable bonds is 4. The monoisotopic (exact) mass is 211 g/mol. The molecule has 88 valence electrons. The van der Waals surface area contributed by atoms with E-state index in [9.17, 15) is 0 Å². The van der Waals surface area contributed by atoms with Gasteiger partial charge in [-0.05, 0) is 31.1 Å². The van der Waals surface area contributed by atoms with E-state index in [1.807, 2.05) is 0 Å². The van der Waals surface area contributed by atoms with E-state index in [2.05, 4.69) is 12.2 Å². The number of nitrogens with one attached hydrogen (secondary N) is 1. The van der Waals surface area contributed by atoms with Crippen LogP contribution in [0.3, 0.4) is 0 Å². The van der Waals surface area contributed by atoms with Crippen LogP contribution in [0.4, 0.5) is 0 Å². The lowest BCUT2D eigenvalue weighted by Gasteiger charge is -2.30. The summed E-state index contributed by atoms with van der Waals surface area (Å²) in [4.78, 5) is 0. The van der Waals surface area contributed by atoms with E-state index in [-0.39, 0.29) is 0 Å². The number of ether oxygens (including phenoxy) is 1. The van der Waals surface area contributed by atoms with E-state index in [0.29, 0.717) is 0 Å². The highest BCUT2D eigenvalue weighted by Crippen LogP contribution is 2.26. The zero-order chi connectivity index (χ0) is 10.5. The van der Waals surface area contributed by atoms with Crippen molar-refractivity contribution >= 4 is 0 Å². The molecule has 1 heterocycles. The van der Waals surface area contributed by atoms with Crippen LogP contribution in [0.5, 0.6) is 0 Å². The van der Waals surface area contributed by atoms with Crippen molar-refractivity contribution in [2.45, 2.75) is 51.5 Å². The fourth-order valence-corrected chi connectivity index (χ4v) is 2.92. The smallest absolute Gasteiger partial charge is 0.0507 e. The second-order valence-electron chi connectivity index (χ2n) is 5.28. The van der Waals surface area contributed by atoms with Crippen LogP contribution in [0.1, 0.15) is 45.4 Å². The normalized spacial score (nSPS) is 37.0. The molecule has 1 aliphatic carbocycles. The van der Waals surface area contributed by atoms with Gasteiger partial charge in [-0.3, -0.25) is 0 Å². The minimum Gasteiger partial charge on any atom is -0.381 e. The standard InChI is InChI=1S/C13H25NO/c1-2-11-4-3-5-13(8-11)14-9-12-6-7-15-10-12/h11-14H,2-10H2,1H3. The topological polar surface area (TPSA) is 21.3 Å². The lowest BCUT2D eigenvalue weighted by Crippen LogP contribution is -2.37. The Bertz CT molecular complexity index is 177. The molecule has 0 spiro atoms. The summed E-state index contributed by atoms with van der Waals surface area (Å²) >= 11 is 0. The van der Waals surface area contributed by atoms with Crippen molar-refractivity contribution in [2.75, 3.05) is 19.8 Å². The van der Waals surface area contributed by atoms with E-state index >= 15 is 0 Å². The third-order valence-electron chi connectivity index (χ3n) is 4.08. The first-order chi connectivity index (χ1) is 7.38. The predicted octanol–water partition coefficient (Wildman–Crippen LogP) is 2.58. The quantitative estimate of drug-likeness (QED) is 0.771. The van der Waals surface area contributed by atoms with Crippen LogP contribution >= 0.6 is 0 Å². The van der Waals surface area contributed by atoms with Crippen molar-refractivity contribution in [1.82, 2.24) is 5.32 Å². The molecule has 2 heteroatoms. The lowest BCUT2D eigenvalue weighted by molar-refractivity contribution is 0.182. The zero-order valence-corrected chi connectivity index (χ0v) is 10.0. The SMILES string of the molecule is CCC1CCCC(NCC2CCOC2)C1. The van der Waals surface area contributed by atoms with Gasteiger partial charge in [-0.25, -0.2) is 0 Å². The molecule has 2 nitrogen and oxygen atoms in total. The van der Waals surface area contributed by atoms with Gasteiger partial charge in [0, 0.05) is 19.2 Å². The molecule has 2 aliphatic rings. The van der Waals surface area contributed by atoms with E-state index in [1.54, 1.807) is 0 Å². The molecular formula is C13H25NO. The van der Waals surface area contributed by atoms with E-state index in [0.717, 1.165) is 31.1 Å². The predicted molar refractivity (Wildman–Crippen MR) is 63.0 cm³/mol. The zero-order valence-electron chi connectivity index (χ0n) is 10.0. The molecule has 0 bridgehead atoms. The molecule has 1 saturated heterocycles. The molecule has 3 atom stereocenters. The molecule has 0 radical (unpaired) electrons. The summed E-state index contributed by atoms with van der Waals surface area (Å²) in [5.41, 5.74) is 0. The Morgan fingerprint density at radius 1 is 1.20 bits per heavy atom. The molecule has 0 aromatic rings. The van der Waals surface area contributed by atoms with Crippen LogP contribution < -0.4 is 5.32 Å². The maximum atomic E-state index is 5.40. The molecule has 2 fully saturated rings. The second kappa shape index (κ2) is 5.86. The van der Waals surface area contributed by atoms with Gasteiger partial charge < -0.3 is 10.1 Å². The fraction of sp³-hybridized carbons (Fsp3) is 1.00. The number of hydrogen-bond acceptors (Lipinski definition) is 2. The second-order valence-corrected chi connectivity index (χ2v) is 5.28. The average molecular weight is 211 g/mol. The maximum absolute atomic E-state index is 5.40. The lowest BCUT2D eigenvalue weighted by atomic mass is 9.84. The summed E-state index contributed by atoms with van der Waals surface area (Å²) in [6.07, 6.45) is 8.31. The average Bonchev–Trinajstić information content (AvgIpc) is 2.79. The van der Waals surface area contributed by atoms with Gasteiger partial charge in [-0.2, -0.15) is 0 Å². The largest absolute Gasteiger partial charge is 0.381 e. The maximum Gasteiger partial charge on any atom is 0.0507 e. The van der Waals surface area contributed by atoms with Crippen molar-refractivity contribution in [2.24, 2.45) is 11.8 Å². The van der Waals surface area contributed by atoms with Crippen LogP contribution in [0.25, 0.3) is 0 Å². The van der Waals surface area contributed by atoms with Gasteiger partial charge in [0.05, 0.1) is 6.61 Å². The minimum absolute atomic E-state index is 0.784. The van der Waals surface area contributed by atoms with Crippen LogP contribution in [0.2, 0.25) is 0 Å². The van der Waals surface area contributed by atoms with Gasteiger partial charge in [0.2, 0.25) is 0 Å². The van der Waals surface area contributed by atoms with Gasteiger partial charge in [-0.15, -0.1) is 0 Å². The van der Waals surface area contributed by atoms with Crippen molar-refractivity contribution in [3.05, 3.63) is 0 Å². The van der Waals surface area contributed by atoms with Crippen molar-refractivity contribution in [1.29, 1.82) is 0 Å². The van der Waals surface area contributed by atoms with Crippen LogP contribution in [0.15, 0.2) is 0 Å². The highest BCUT2D eigenvalue weighted by molar-refractivity contribution is 4.79. The third kappa shape index (κ3) is 3.46. The molecule has 15 heavy (non-hydrogen) atoms. The van der Waals surface area contributed by atoms with Gasteiger partial charge in [-0.1, -0.05) is 26.2 Å². The van der Waals surface area contributed by atoms with E-state index in [1.165, 1.54) is 45.1 Å². The summed E-state index contributed by atoms with van der Waals surface area (Å²) in [6, 6.07) is 0.796. The Hall–Kier alpha value is -0.0800. The molecule has 0 aromatic heterocycles.